The lowest BCUT2D eigenvalue weighted by molar-refractivity contribution is -0.159. The van der Waals surface area contributed by atoms with Gasteiger partial charge in [0.1, 0.15) is 5.78 Å². The molecule has 24 heavy (non-hydrogen) atoms. The Morgan fingerprint density at radius 2 is 1.83 bits per heavy atom. The first kappa shape index (κ1) is 17.6. The van der Waals surface area contributed by atoms with Crippen LogP contribution in [0.4, 0.5) is 13.2 Å². The molecule has 0 saturated heterocycles. The highest BCUT2D eigenvalue weighted by molar-refractivity contribution is 5.84. The number of methoxy groups -OCH3 is 1. The molecule has 0 bridgehead atoms. The molecule has 0 amide bonds. The molecule has 0 atom stereocenters. The van der Waals surface area contributed by atoms with Gasteiger partial charge in [0.25, 0.3) is 0 Å². The average Bonchev–Trinajstić information content (AvgIpc) is 3.03. The lowest BCUT2D eigenvalue weighted by Gasteiger charge is -2.02. The number of Topliss-reactive ketones (excluding diaryl/α,β-unsaturated/α-hetero) is 1. The Hall–Kier alpha value is -2.71. The molecule has 0 aliphatic carbocycles. The van der Waals surface area contributed by atoms with E-state index in [1.165, 1.54) is 19.2 Å². The second-order valence-electron chi connectivity index (χ2n) is 4.91. The Morgan fingerprint density at radius 1 is 1.17 bits per heavy atom. The molecule has 9 heteroatoms. The lowest BCUT2D eigenvalue weighted by atomic mass is 10.0. The summed E-state index contributed by atoms with van der Waals surface area (Å²) in [5, 5.41) is 3.28. The molecule has 0 radical (unpaired) electrons. The summed E-state index contributed by atoms with van der Waals surface area (Å²) < 4.78 is 45.8. The van der Waals surface area contributed by atoms with Crippen LogP contribution in [-0.2, 0) is 26.9 Å². The summed E-state index contributed by atoms with van der Waals surface area (Å²) in [6, 6.07) is 6.14. The quantitative estimate of drug-likeness (QED) is 0.751. The third-order valence-electron chi connectivity index (χ3n) is 3.12. The molecule has 128 valence electrons. The molecule has 0 N–H and O–H groups in total. The normalized spacial score (nSPS) is 11.3. The lowest BCUT2D eigenvalue weighted by Crippen LogP contribution is -2.07. The van der Waals surface area contributed by atoms with Crippen molar-refractivity contribution >= 4 is 11.8 Å². The largest absolute Gasteiger partial charge is 0.471 e. The molecule has 0 saturated carbocycles. The maximum absolute atomic E-state index is 12.4. The molecule has 0 fully saturated rings. The topological polar surface area (TPSA) is 82.3 Å². The van der Waals surface area contributed by atoms with E-state index in [9.17, 15) is 22.8 Å². The Morgan fingerprint density at radius 3 is 2.38 bits per heavy atom. The van der Waals surface area contributed by atoms with Crippen molar-refractivity contribution in [3.8, 4) is 11.4 Å². The molecule has 0 aliphatic heterocycles. The van der Waals surface area contributed by atoms with Crippen LogP contribution >= 0.6 is 0 Å². The van der Waals surface area contributed by atoms with Gasteiger partial charge >= 0.3 is 18.0 Å². The number of alkyl halides is 3. The molecule has 2 aromatic rings. The molecular formula is C15H13F3N2O4. The highest BCUT2D eigenvalue weighted by Crippen LogP contribution is 2.29. The standard InChI is InChI=1S/C15H13F3N2O4/c1-23-12(22)7-6-11(21)8-9-2-4-10(5-3-9)13-19-14(24-20-13)15(16,17)18/h2-5H,6-8H2,1H3. The van der Waals surface area contributed by atoms with E-state index >= 15 is 0 Å². The van der Waals surface area contributed by atoms with Gasteiger partial charge in [-0.3, -0.25) is 9.59 Å². The van der Waals surface area contributed by atoms with Gasteiger partial charge in [-0.05, 0) is 5.56 Å². The van der Waals surface area contributed by atoms with E-state index < -0.39 is 18.0 Å². The molecule has 1 heterocycles. The third-order valence-corrected chi connectivity index (χ3v) is 3.12. The second-order valence-corrected chi connectivity index (χ2v) is 4.91. The Labute approximate surface area is 134 Å². The monoisotopic (exact) mass is 342 g/mol. The van der Waals surface area contributed by atoms with E-state index in [0.29, 0.717) is 11.1 Å². The SMILES string of the molecule is COC(=O)CCC(=O)Cc1ccc(-c2noc(C(F)(F)F)n2)cc1. The van der Waals surface area contributed by atoms with Crippen LogP contribution in [0.25, 0.3) is 11.4 Å². The van der Waals surface area contributed by atoms with E-state index in [1.807, 2.05) is 0 Å². The predicted octanol–water partition coefficient (Wildman–Crippen LogP) is 2.82. The van der Waals surface area contributed by atoms with Crippen LogP contribution in [-0.4, -0.2) is 29.0 Å². The number of nitrogens with zero attached hydrogens (tertiary/aromatic N) is 2. The summed E-state index contributed by atoms with van der Waals surface area (Å²) in [6.45, 7) is 0. The van der Waals surface area contributed by atoms with Gasteiger partial charge in [0.15, 0.2) is 0 Å². The van der Waals surface area contributed by atoms with Crippen molar-refractivity contribution in [3.05, 3.63) is 35.7 Å². The second kappa shape index (κ2) is 7.24. The Kier molecular flexibility index (Phi) is 5.32. The average molecular weight is 342 g/mol. The van der Waals surface area contributed by atoms with Crippen LogP contribution in [0.15, 0.2) is 28.8 Å². The maximum Gasteiger partial charge on any atom is 0.471 e. The predicted molar refractivity (Wildman–Crippen MR) is 74.7 cm³/mol. The van der Waals surface area contributed by atoms with Gasteiger partial charge < -0.3 is 9.26 Å². The van der Waals surface area contributed by atoms with Crippen LogP contribution in [0, 0.1) is 0 Å². The van der Waals surface area contributed by atoms with E-state index in [1.54, 1.807) is 12.1 Å². The molecule has 0 unspecified atom stereocenters. The van der Waals surface area contributed by atoms with Crippen molar-refractivity contribution in [1.29, 1.82) is 0 Å². The minimum atomic E-state index is -4.70. The number of halogens is 3. The van der Waals surface area contributed by atoms with Crippen molar-refractivity contribution in [3.63, 3.8) is 0 Å². The number of carbonyl (C=O) groups excluding carboxylic acids is 2. The third kappa shape index (κ3) is 4.64. The number of esters is 1. The number of benzene rings is 1. The van der Waals surface area contributed by atoms with E-state index in [4.69, 9.17) is 0 Å². The minimum Gasteiger partial charge on any atom is -0.469 e. The number of rotatable bonds is 6. The first-order valence-corrected chi connectivity index (χ1v) is 6.88. The molecule has 2 rings (SSSR count). The fourth-order valence-corrected chi connectivity index (χ4v) is 1.89. The summed E-state index contributed by atoms with van der Waals surface area (Å²) in [5.74, 6) is -2.21. The number of hydrogen-bond acceptors (Lipinski definition) is 6. The summed E-state index contributed by atoms with van der Waals surface area (Å²) >= 11 is 0. The van der Waals surface area contributed by atoms with Crippen LogP contribution in [0.5, 0.6) is 0 Å². The van der Waals surface area contributed by atoms with Crippen LogP contribution < -0.4 is 0 Å². The van der Waals surface area contributed by atoms with Crippen molar-refractivity contribution in [2.75, 3.05) is 7.11 Å². The van der Waals surface area contributed by atoms with Crippen LogP contribution in [0.3, 0.4) is 0 Å². The van der Waals surface area contributed by atoms with Crippen molar-refractivity contribution in [2.24, 2.45) is 0 Å². The molecule has 0 aliphatic rings. The Bertz CT molecular complexity index is 723. The Balaban J connectivity index is 1.99. The van der Waals surface area contributed by atoms with Crippen LogP contribution in [0.2, 0.25) is 0 Å². The molecule has 0 spiro atoms. The first-order valence-electron chi connectivity index (χ1n) is 6.88. The first-order chi connectivity index (χ1) is 11.3. The van der Waals surface area contributed by atoms with Gasteiger partial charge in [0.2, 0.25) is 5.82 Å². The van der Waals surface area contributed by atoms with Gasteiger partial charge in [-0.25, -0.2) is 0 Å². The maximum atomic E-state index is 12.4. The molecule has 6 nitrogen and oxygen atoms in total. The summed E-state index contributed by atoms with van der Waals surface area (Å²) in [5.41, 5.74) is 0.994. The number of ether oxygens (including phenoxy) is 1. The number of hydrogen-bond donors (Lipinski definition) is 0. The number of ketones is 1. The van der Waals surface area contributed by atoms with Crippen LogP contribution in [0.1, 0.15) is 24.3 Å². The van der Waals surface area contributed by atoms with Gasteiger partial charge in [-0.15, -0.1) is 0 Å². The highest BCUT2D eigenvalue weighted by atomic mass is 19.4. The zero-order valence-electron chi connectivity index (χ0n) is 12.6. The zero-order chi connectivity index (χ0) is 17.7. The van der Waals surface area contributed by atoms with Crippen molar-refractivity contribution in [1.82, 2.24) is 10.1 Å². The van der Waals surface area contributed by atoms with Gasteiger partial charge in [-0.1, -0.05) is 29.4 Å². The molecule has 1 aromatic carbocycles. The molecular weight excluding hydrogens is 329 g/mol. The smallest absolute Gasteiger partial charge is 0.469 e. The molecule has 1 aromatic heterocycles. The fraction of sp³-hybridized carbons (Fsp3) is 0.333. The summed E-state index contributed by atoms with van der Waals surface area (Å²) in [7, 11) is 1.24. The van der Waals surface area contributed by atoms with Gasteiger partial charge in [0.05, 0.1) is 13.5 Å². The number of aromatic nitrogens is 2. The van der Waals surface area contributed by atoms with Gasteiger partial charge in [0, 0.05) is 18.4 Å². The fourth-order valence-electron chi connectivity index (χ4n) is 1.89. The van der Waals surface area contributed by atoms with E-state index in [-0.39, 0.29) is 30.9 Å². The van der Waals surface area contributed by atoms with Crippen molar-refractivity contribution in [2.45, 2.75) is 25.4 Å². The summed E-state index contributed by atoms with van der Waals surface area (Å²) in [6.07, 6.45) is -4.51. The van der Waals surface area contributed by atoms with E-state index in [0.717, 1.165) is 0 Å². The minimum absolute atomic E-state index is 0.0104. The summed E-state index contributed by atoms with van der Waals surface area (Å²) in [4.78, 5) is 26.0. The zero-order valence-corrected chi connectivity index (χ0v) is 12.6. The van der Waals surface area contributed by atoms with Crippen molar-refractivity contribution < 1.29 is 32.0 Å². The number of carbonyl (C=O) groups is 2. The van der Waals surface area contributed by atoms with Gasteiger partial charge in [-0.2, -0.15) is 18.2 Å². The van der Waals surface area contributed by atoms with E-state index in [2.05, 4.69) is 19.4 Å². The highest BCUT2D eigenvalue weighted by Gasteiger charge is 2.38.